The van der Waals surface area contributed by atoms with E-state index in [-0.39, 0.29) is 5.92 Å². The lowest BCUT2D eigenvalue weighted by Crippen LogP contribution is -1.98. The number of aromatic nitrogens is 2. The van der Waals surface area contributed by atoms with Crippen molar-refractivity contribution in [3.63, 3.8) is 0 Å². The van der Waals surface area contributed by atoms with E-state index in [1.807, 2.05) is 12.1 Å². The van der Waals surface area contributed by atoms with E-state index in [4.69, 9.17) is 5.26 Å². The fraction of sp³-hybridized carbons (Fsp3) is 0.250. The third-order valence-electron chi connectivity index (χ3n) is 2.36. The second kappa shape index (κ2) is 3.66. The van der Waals surface area contributed by atoms with Gasteiger partial charge in [0.2, 0.25) is 0 Å². The van der Waals surface area contributed by atoms with Crippen LogP contribution in [0.5, 0.6) is 0 Å². The fourth-order valence-electron chi connectivity index (χ4n) is 1.71. The summed E-state index contributed by atoms with van der Waals surface area (Å²) in [6.07, 6.45) is 3.36. The molecular weight excluding hydrogens is 186 g/mol. The molecule has 2 aromatic heterocycles. The zero-order valence-corrected chi connectivity index (χ0v) is 8.73. The van der Waals surface area contributed by atoms with E-state index in [2.05, 4.69) is 29.9 Å². The minimum absolute atomic E-state index is 0.278. The van der Waals surface area contributed by atoms with Gasteiger partial charge in [-0.2, -0.15) is 5.26 Å². The molecule has 0 aromatic carbocycles. The maximum atomic E-state index is 9.01. The summed E-state index contributed by atoms with van der Waals surface area (Å²) < 4.78 is 0. The Morgan fingerprint density at radius 3 is 2.80 bits per heavy atom. The zero-order valence-electron chi connectivity index (χ0n) is 8.73. The third-order valence-corrected chi connectivity index (χ3v) is 2.36. The van der Waals surface area contributed by atoms with Crippen molar-refractivity contribution in [2.75, 3.05) is 0 Å². The van der Waals surface area contributed by atoms with Gasteiger partial charge in [0.1, 0.15) is 6.07 Å². The monoisotopic (exact) mass is 197 g/mol. The van der Waals surface area contributed by atoms with Gasteiger partial charge in [0, 0.05) is 18.0 Å². The van der Waals surface area contributed by atoms with Crippen LogP contribution >= 0.6 is 0 Å². The highest BCUT2D eigenvalue weighted by molar-refractivity contribution is 5.80. The highest BCUT2D eigenvalue weighted by Crippen LogP contribution is 2.25. The number of nitriles is 1. The topological polar surface area (TPSA) is 49.6 Å². The molecule has 0 N–H and O–H groups in total. The highest BCUT2D eigenvalue weighted by Gasteiger charge is 2.12. The second-order valence-electron chi connectivity index (χ2n) is 3.72. The molecule has 0 aliphatic carbocycles. The van der Waals surface area contributed by atoms with Gasteiger partial charge in [0.25, 0.3) is 0 Å². The van der Waals surface area contributed by atoms with Crippen LogP contribution in [0.4, 0.5) is 0 Å². The van der Waals surface area contributed by atoms with Gasteiger partial charge in [-0.25, -0.2) is 0 Å². The van der Waals surface area contributed by atoms with Gasteiger partial charge in [-0.05, 0) is 18.1 Å². The molecule has 15 heavy (non-hydrogen) atoms. The smallest absolute Gasteiger partial charge is 0.101 e. The maximum Gasteiger partial charge on any atom is 0.101 e. The standard InChI is InChI=1S/C12H11N3/c1-8(2)11-9(6-13)7-15-10-4-3-5-14-12(10)11/h3-5,7-8H,1-2H3. The first-order valence-electron chi connectivity index (χ1n) is 4.87. The molecule has 0 aliphatic heterocycles. The lowest BCUT2D eigenvalue weighted by Gasteiger charge is -2.09. The van der Waals surface area contributed by atoms with Crippen molar-refractivity contribution in [1.82, 2.24) is 9.97 Å². The summed E-state index contributed by atoms with van der Waals surface area (Å²) >= 11 is 0. The number of pyridine rings is 2. The van der Waals surface area contributed by atoms with E-state index >= 15 is 0 Å². The number of hydrogen-bond acceptors (Lipinski definition) is 3. The molecule has 0 bridgehead atoms. The predicted octanol–water partition coefficient (Wildman–Crippen LogP) is 2.62. The van der Waals surface area contributed by atoms with E-state index in [0.29, 0.717) is 5.56 Å². The molecule has 0 saturated carbocycles. The Balaban J connectivity index is 2.86. The van der Waals surface area contributed by atoms with E-state index in [1.54, 1.807) is 12.4 Å². The summed E-state index contributed by atoms with van der Waals surface area (Å²) in [6, 6.07) is 5.93. The van der Waals surface area contributed by atoms with E-state index in [0.717, 1.165) is 16.6 Å². The first-order chi connectivity index (χ1) is 7.24. The maximum absolute atomic E-state index is 9.01. The second-order valence-corrected chi connectivity index (χ2v) is 3.72. The van der Waals surface area contributed by atoms with Crippen LogP contribution in [0.25, 0.3) is 11.0 Å². The Morgan fingerprint density at radius 2 is 2.13 bits per heavy atom. The van der Waals surface area contributed by atoms with Crippen molar-refractivity contribution in [2.45, 2.75) is 19.8 Å². The van der Waals surface area contributed by atoms with Crippen LogP contribution < -0.4 is 0 Å². The fourth-order valence-corrected chi connectivity index (χ4v) is 1.71. The van der Waals surface area contributed by atoms with E-state index in [1.165, 1.54) is 0 Å². The van der Waals surface area contributed by atoms with Gasteiger partial charge in [-0.15, -0.1) is 0 Å². The first-order valence-corrected chi connectivity index (χ1v) is 4.87. The molecule has 0 amide bonds. The minimum atomic E-state index is 0.278. The number of fused-ring (bicyclic) bond motifs is 1. The van der Waals surface area contributed by atoms with E-state index < -0.39 is 0 Å². The lowest BCUT2D eigenvalue weighted by atomic mass is 9.97. The molecule has 0 saturated heterocycles. The van der Waals surface area contributed by atoms with Gasteiger partial charge in [-0.1, -0.05) is 13.8 Å². The molecule has 0 atom stereocenters. The van der Waals surface area contributed by atoms with Gasteiger partial charge >= 0.3 is 0 Å². The molecule has 0 radical (unpaired) electrons. The summed E-state index contributed by atoms with van der Waals surface area (Å²) in [5.41, 5.74) is 3.30. The van der Waals surface area contributed by atoms with Crippen LogP contribution in [0.15, 0.2) is 24.5 Å². The number of rotatable bonds is 1. The van der Waals surface area contributed by atoms with Crippen molar-refractivity contribution >= 4 is 11.0 Å². The summed E-state index contributed by atoms with van der Waals surface area (Å²) in [7, 11) is 0. The molecule has 3 nitrogen and oxygen atoms in total. The molecule has 2 heterocycles. The average molecular weight is 197 g/mol. The number of hydrogen-bond donors (Lipinski definition) is 0. The van der Waals surface area contributed by atoms with Crippen molar-refractivity contribution < 1.29 is 0 Å². The summed E-state index contributed by atoms with van der Waals surface area (Å²) in [6.45, 7) is 4.12. The highest BCUT2D eigenvalue weighted by atomic mass is 14.7. The normalized spacial score (nSPS) is 10.5. The minimum Gasteiger partial charge on any atom is -0.254 e. The molecular formula is C12H11N3. The molecule has 0 spiro atoms. The molecule has 74 valence electrons. The first kappa shape index (κ1) is 9.60. The predicted molar refractivity (Wildman–Crippen MR) is 58.3 cm³/mol. The van der Waals surface area contributed by atoms with Crippen molar-refractivity contribution in [2.24, 2.45) is 0 Å². The summed E-state index contributed by atoms with van der Waals surface area (Å²) in [4.78, 5) is 8.51. The van der Waals surface area contributed by atoms with Crippen molar-refractivity contribution in [3.8, 4) is 6.07 Å². The van der Waals surface area contributed by atoms with Crippen LogP contribution in [-0.4, -0.2) is 9.97 Å². The van der Waals surface area contributed by atoms with Crippen molar-refractivity contribution in [3.05, 3.63) is 35.7 Å². The molecule has 2 rings (SSSR count). The van der Waals surface area contributed by atoms with Crippen LogP contribution in [0.1, 0.15) is 30.9 Å². The summed E-state index contributed by atoms with van der Waals surface area (Å²) in [5.74, 6) is 0.278. The molecule has 2 aromatic rings. The molecule has 3 heteroatoms. The Bertz CT molecular complexity index is 538. The SMILES string of the molecule is CC(C)c1c(C#N)cnc2cccnc12. The molecule has 0 fully saturated rings. The quantitative estimate of drug-likeness (QED) is 0.706. The van der Waals surface area contributed by atoms with Gasteiger partial charge < -0.3 is 0 Å². The Hall–Kier alpha value is -1.95. The van der Waals surface area contributed by atoms with Gasteiger partial charge in [0.15, 0.2) is 0 Å². The zero-order chi connectivity index (χ0) is 10.8. The van der Waals surface area contributed by atoms with Crippen LogP contribution in [0.3, 0.4) is 0 Å². The summed E-state index contributed by atoms with van der Waals surface area (Å²) in [5, 5.41) is 9.01. The Morgan fingerprint density at radius 1 is 1.33 bits per heavy atom. The Labute approximate surface area is 88.4 Å². The Kier molecular flexibility index (Phi) is 2.34. The molecule has 0 aliphatic rings. The lowest BCUT2D eigenvalue weighted by molar-refractivity contribution is 0.866. The number of nitrogens with zero attached hydrogens (tertiary/aromatic N) is 3. The van der Waals surface area contributed by atoms with Crippen molar-refractivity contribution in [1.29, 1.82) is 5.26 Å². The van der Waals surface area contributed by atoms with Crippen LogP contribution in [-0.2, 0) is 0 Å². The van der Waals surface area contributed by atoms with E-state index in [9.17, 15) is 0 Å². The largest absolute Gasteiger partial charge is 0.254 e. The third kappa shape index (κ3) is 1.55. The average Bonchev–Trinajstić information content (AvgIpc) is 2.27. The van der Waals surface area contributed by atoms with Crippen LogP contribution in [0, 0.1) is 11.3 Å². The van der Waals surface area contributed by atoms with Gasteiger partial charge in [-0.3, -0.25) is 9.97 Å². The molecule has 0 unspecified atom stereocenters. The van der Waals surface area contributed by atoms with Gasteiger partial charge in [0.05, 0.1) is 16.6 Å². The van der Waals surface area contributed by atoms with Crippen LogP contribution in [0.2, 0.25) is 0 Å².